The number of hydrogen-bond donors (Lipinski definition) is 0. The predicted molar refractivity (Wildman–Crippen MR) is 97.8 cm³/mol. The van der Waals surface area contributed by atoms with Crippen LogP contribution < -0.4 is 0 Å². The van der Waals surface area contributed by atoms with Gasteiger partial charge in [-0.25, -0.2) is 0 Å². The van der Waals surface area contributed by atoms with Gasteiger partial charge in [0, 0.05) is 4.87 Å². The third-order valence-corrected chi connectivity index (χ3v) is 7.53. The molecule has 2 heterocycles. The molecule has 0 radical (unpaired) electrons. The SMILES string of the molecule is C[C@H](OC(=O)C12C[C@@H]3C[C@@H](CC(Cl)(C3)C1)C2)c1nnc(-c2cccs2)o1. The summed E-state index contributed by atoms with van der Waals surface area (Å²) in [5.41, 5.74) is -0.420. The largest absolute Gasteiger partial charge is 0.452 e. The van der Waals surface area contributed by atoms with Crippen molar-refractivity contribution in [3.63, 3.8) is 0 Å². The number of carbonyl (C=O) groups is 1. The molecule has 6 rings (SSSR count). The summed E-state index contributed by atoms with van der Waals surface area (Å²) < 4.78 is 11.5. The van der Waals surface area contributed by atoms with Crippen molar-refractivity contribution in [3.8, 4) is 10.8 Å². The zero-order valence-electron chi connectivity index (χ0n) is 14.6. The van der Waals surface area contributed by atoms with E-state index >= 15 is 0 Å². The van der Waals surface area contributed by atoms with E-state index in [-0.39, 0.29) is 10.8 Å². The van der Waals surface area contributed by atoms with Gasteiger partial charge in [0.2, 0.25) is 0 Å². The van der Waals surface area contributed by atoms with Gasteiger partial charge in [-0.15, -0.1) is 33.1 Å². The molecular formula is C19H21ClN2O3S. The number of halogens is 1. The van der Waals surface area contributed by atoms with E-state index in [1.807, 2.05) is 17.5 Å². The number of thiophene rings is 1. The zero-order valence-corrected chi connectivity index (χ0v) is 16.2. The Morgan fingerprint density at radius 1 is 1.35 bits per heavy atom. The Kier molecular flexibility index (Phi) is 3.73. The maximum atomic E-state index is 13.1. The lowest BCUT2D eigenvalue weighted by Crippen LogP contribution is -2.56. The molecule has 4 aliphatic rings. The van der Waals surface area contributed by atoms with Gasteiger partial charge in [-0.1, -0.05) is 6.07 Å². The van der Waals surface area contributed by atoms with Crippen LogP contribution >= 0.6 is 22.9 Å². The molecular weight excluding hydrogens is 372 g/mol. The van der Waals surface area contributed by atoms with Crippen LogP contribution in [0.15, 0.2) is 21.9 Å². The molecule has 4 bridgehead atoms. The van der Waals surface area contributed by atoms with Gasteiger partial charge in [-0.2, -0.15) is 0 Å². The molecule has 5 nitrogen and oxygen atoms in total. The molecule has 5 atom stereocenters. The highest BCUT2D eigenvalue weighted by atomic mass is 35.5. The van der Waals surface area contributed by atoms with Gasteiger partial charge in [0.05, 0.1) is 10.3 Å². The van der Waals surface area contributed by atoms with Gasteiger partial charge in [0.25, 0.3) is 11.8 Å². The lowest BCUT2D eigenvalue weighted by molar-refractivity contribution is -0.176. The maximum absolute atomic E-state index is 13.1. The molecule has 2 aromatic heterocycles. The van der Waals surface area contributed by atoms with Crippen molar-refractivity contribution < 1.29 is 13.9 Å². The molecule has 0 N–H and O–H groups in total. The number of esters is 1. The fourth-order valence-corrected chi connectivity index (χ4v) is 6.96. The van der Waals surface area contributed by atoms with Crippen molar-refractivity contribution in [1.82, 2.24) is 10.2 Å². The normalized spacial score (nSPS) is 36.2. The average Bonchev–Trinajstić information content (AvgIpc) is 3.24. The summed E-state index contributed by atoms with van der Waals surface area (Å²) in [5, 5.41) is 10.1. The number of nitrogens with zero attached hydrogens (tertiary/aromatic N) is 2. The van der Waals surface area contributed by atoms with Gasteiger partial charge >= 0.3 is 5.97 Å². The van der Waals surface area contributed by atoms with Crippen LogP contribution in [0.2, 0.25) is 0 Å². The number of aromatic nitrogens is 2. The second-order valence-corrected chi connectivity index (χ2v) is 10.1. The predicted octanol–water partition coefficient (Wildman–Crippen LogP) is 4.98. The molecule has 7 heteroatoms. The summed E-state index contributed by atoms with van der Waals surface area (Å²) in [6, 6.07) is 3.86. The Morgan fingerprint density at radius 3 is 2.77 bits per heavy atom. The van der Waals surface area contributed by atoms with Crippen molar-refractivity contribution in [3.05, 3.63) is 23.4 Å². The van der Waals surface area contributed by atoms with Crippen LogP contribution in [0.25, 0.3) is 10.8 Å². The molecule has 4 fully saturated rings. The molecule has 138 valence electrons. The van der Waals surface area contributed by atoms with Crippen LogP contribution in [0, 0.1) is 17.3 Å². The molecule has 4 saturated carbocycles. The van der Waals surface area contributed by atoms with Gasteiger partial charge < -0.3 is 9.15 Å². The first-order valence-electron chi connectivity index (χ1n) is 9.22. The molecule has 0 amide bonds. The van der Waals surface area contributed by atoms with Gasteiger partial charge in [-0.3, -0.25) is 4.79 Å². The second kappa shape index (κ2) is 5.80. The van der Waals surface area contributed by atoms with Crippen LogP contribution in [0.1, 0.15) is 57.4 Å². The van der Waals surface area contributed by atoms with Crippen LogP contribution in [0.5, 0.6) is 0 Å². The molecule has 0 aromatic carbocycles. The topological polar surface area (TPSA) is 65.2 Å². The van der Waals surface area contributed by atoms with Crippen molar-refractivity contribution in [2.75, 3.05) is 0 Å². The van der Waals surface area contributed by atoms with Gasteiger partial charge in [0.1, 0.15) is 0 Å². The minimum absolute atomic E-state index is 0.139. The molecule has 2 aromatic rings. The Balaban J connectivity index is 1.33. The van der Waals surface area contributed by atoms with Crippen LogP contribution in [0.3, 0.4) is 0 Å². The lowest BCUT2D eigenvalue weighted by atomic mass is 9.49. The smallest absolute Gasteiger partial charge is 0.312 e. The van der Waals surface area contributed by atoms with Crippen LogP contribution in [-0.2, 0) is 9.53 Å². The highest BCUT2D eigenvalue weighted by molar-refractivity contribution is 7.13. The number of hydrogen-bond acceptors (Lipinski definition) is 6. The maximum Gasteiger partial charge on any atom is 0.312 e. The van der Waals surface area contributed by atoms with Crippen molar-refractivity contribution >= 4 is 28.9 Å². The van der Waals surface area contributed by atoms with Crippen molar-refractivity contribution in [2.24, 2.45) is 17.3 Å². The highest BCUT2D eigenvalue weighted by Gasteiger charge is 2.61. The Morgan fingerprint density at radius 2 is 2.12 bits per heavy atom. The first-order chi connectivity index (χ1) is 12.4. The third-order valence-electron chi connectivity index (χ3n) is 6.23. The van der Waals surface area contributed by atoms with E-state index in [2.05, 4.69) is 10.2 Å². The van der Waals surface area contributed by atoms with E-state index in [0.29, 0.717) is 23.6 Å². The van der Waals surface area contributed by atoms with Crippen molar-refractivity contribution in [1.29, 1.82) is 0 Å². The minimum atomic E-state index is -0.553. The van der Waals surface area contributed by atoms with Crippen molar-refractivity contribution in [2.45, 2.75) is 56.4 Å². The summed E-state index contributed by atoms with van der Waals surface area (Å²) >= 11 is 8.37. The number of rotatable bonds is 4. The summed E-state index contributed by atoms with van der Waals surface area (Å²) in [6.45, 7) is 1.79. The monoisotopic (exact) mass is 392 g/mol. The quantitative estimate of drug-likeness (QED) is 0.542. The van der Waals surface area contributed by atoms with E-state index in [4.69, 9.17) is 20.8 Å². The van der Waals surface area contributed by atoms with Crippen LogP contribution in [0.4, 0.5) is 0 Å². The Bertz CT molecular complexity index is 820. The van der Waals surface area contributed by atoms with E-state index in [0.717, 1.165) is 37.0 Å². The summed E-state index contributed by atoms with van der Waals surface area (Å²) in [7, 11) is 0. The summed E-state index contributed by atoms with van der Waals surface area (Å²) in [5.74, 6) is 1.79. The molecule has 0 aliphatic heterocycles. The first-order valence-corrected chi connectivity index (χ1v) is 10.5. The molecule has 0 spiro atoms. The van der Waals surface area contributed by atoms with E-state index in [9.17, 15) is 4.79 Å². The molecule has 4 aliphatic carbocycles. The van der Waals surface area contributed by atoms with E-state index in [1.54, 1.807) is 6.92 Å². The number of ether oxygens (including phenoxy) is 1. The lowest BCUT2D eigenvalue weighted by Gasteiger charge is -2.58. The number of carbonyl (C=O) groups excluding carboxylic acids is 1. The fourth-order valence-electron chi connectivity index (χ4n) is 5.62. The Hall–Kier alpha value is -1.40. The summed E-state index contributed by atoms with van der Waals surface area (Å²) in [6.07, 6.45) is 5.31. The van der Waals surface area contributed by atoms with E-state index in [1.165, 1.54) is 17.8 Å². The van der Waals surface area contributed by atoms with Crippen LogP contribution in [-0.4, -0.2) is 21.0 Å². The number of alkyl halides is 1. The summed E-state index contributed by atoms with van der Waals surface area (Å²) in [4.78, 5) is 13.8. The van der Waals surface area contributed by atoms with Gasteiger partial charge in [0.15, 0.2) is 6.10 Å². The minimum Gasteiger partial charge on any atom is -0.452 e. The zero-order chi connectivity index (χ0) is 17.9. The third kappa shape index (κ3) is 2.69. The second-order valence-electron chi connectivity index (χ2n) is 8.36. The molecule has 2 unspecified atom stereocenters. The molecule has 26 heavy (non-hydrogen) atoms. The average molecular weight is 393 g/mol. The fraction of sp³-hybridized carbons (Fsp3) is 0.632. The standard InChI is InChI=1S/C19H21ClN2O3S/c1-11(15-21-22-16(25-15)14-3-2-4-26-14)24-17(23)18-6-12-5-13(7-18)9-19(20,8-12)10-18/h2-4,11-13H,5-10H2,1H3/t11-,12-,13+,18?,19?/m0/s1. The van der Waals surface area contributed by atoms with Gasteiger partial charge in [-0.05, 0) is 68.7 Å². The van der Waals surface area contributed by atoms with E-state index < -0.39 is 11.5 Å². The first kappa shape index (κ1) is 16.8. The Labute approximate surface area is 161 Å². The highest BCUT2D eigenvalue weighted by Crippen LogP contribution is 2.64. The molecule has 0 saturated heterocycles.